The van der Waals surface area contributed by atoms with Gasteiger partial charge in [0.05, 0.1) is 19.6 Å². The number of aliphatic carboxylic acids is 2. The van der Waals surface area contributed by atoms with Crippen molar-refractivity contribution in [2.45, 2.75) is 20.3 Å². The van der Waals surface area contributed by atoms with Gasteiger partial charge in [-0.3, -0.25) is 43.6 Å². The molecule has 0 bridgehead atoms. The first-order valence-electron chi connectivity index (χ1n) is 11.3. The molecule has 0 radical (unpaired) electrons. The maximum Gasteiger partial charge on any atom is 0.317 e. The van der Waals surface area contributed by atoms with Gasteiger partial charge in [-0.15, -0.1) is 0 Å². The average Bonchev–Trinajstić information content (AvgIpc) is 3.04. The quantitative estimate of drug-likeness (QED) is 0.313. The van der Waals surface area contributed by atoms with Crippen LogP contribution in [0.15, 0.2) is 0 Å². The molecule has 2 heterocycles. The predicted octanol–water partition coefficient (Wildman–Crippen LogP) is -1.78. The second-order valence-corrected chi connectivity index (χ2v) is 8.90. The van der Waals surface area contributed by atoms with Crippen molar-refractivity contribution in [2.75, 3.05) is 72.0 Å². The molecule has 2 fully saturated rings. The first-order chi connectivity index (χ1) is 15.6. The van der Waals surface area contributed by atoms with Gasteiger partial charge in [0.1, 0.15) is 0 Å². The van der Waals surface area contributed by atoms with Gasteiger partial charge in [-0.2, -0.15) is 0 Å². The molecule has 1 unspecified atom stereocenters. The SMILES string of the molecule is CC(C)C1CC(=O)N(CCNC(=O)CN2CCN(CC(=O)O)CCN(CC(=O)O)CC2)C1=O. The lowest BCUT2D eigenvalue weighted by atomic mass is 9.94. The van der Waals surface area contributed by atoms with E-state index in [9.17, 15) is 24.0 Å². The number of imide groups is 1. The Morgan fingerprint density at radius 1 is 0.879 bits per heavy atom. The van der Waals surface area contributed by atoms with Crippen LogP contribution in [0.3, 0.4) is 0 Å². The number of nitrogens with one attached hydrogen (secondary N) is 1. The number of carboxylic acids is 2. The van der Waals surface area contributed by atoms with Gasteiger partial charge in [0, 0.05) is 64.7 Å². The van der Waals surface area contributed by atoms with Crippen molar-refractivity contribution < 1.29 is 34.2 Å². The van der Waals surface area contributed by atoms with Gasteiger partial charge in [0.15, 0.2) is 0 Å². The molecule has 12 heteroatoms. The minimum absolute atomic E-state index is 0.0539. The number of likely N-dealkylation sites (tertiary alicyclic amines) is 1. The molecular formula is C21H35N5O7. The molecule has 0 aliphatic carbocycles. The molecule has 3 N–H and O–H groups in total. The van der Waals surface area contributed by atoms with Crippen LogP contribution in [0, 0.1) is 11.8 Å². The van der Waals surface area contributed by atoms with Crippen LogP contribution >= 0.6 is 0 Å². The molecule has 12 nitrogen and oxygen atoms in total. The van der Waals surface area contributed by atoms with E-state index in [1.807, 2.05) is 18.7 Å². The minimum atomic E-state index is -0.964. The second-order valence-electron chi connectivity index (χ2n) is 8.90. The molecule has 0 saturated carbocycles. The van der Waals surface area contributed by atoms with Crippen molar-refractivity contribution >= 4 is 29.7 Å². The average molecular weight is 470 g/mol. The van der Waals surface area contributed by atoms with Crippen LogP contribution in [-0.2, 0) is 24.0 Å². The monoisotopic (exact) mass is 469 g/mol. The van der Waals surface area contributed by atoms with Gasteiger partial charge in [-0.05, 0) is 5.92 Å². The van der Waals surface area contributed by atoms with Crippen LogP contribution < -0.4 is 5.32 Å². The van der Waals surface area contributed by atoms with Crippen LogP contribution in [0.4, 0.5) is 0 Å². The zero-order chi connectivity index (χ0) is 24.5. The van der Waals surface area contributed by atoms with Crippen molar-refractivity contribution in [3.8, 4) is 0 Å². The van der Waals surface area contributed by atoms with Crippen LogP contribution in [0.25, 0.3) is 0 Å². The highest BCUT2D eigenvalue weighted by atomic mass is 16.4. The zero-order valence-corrected chi connectivity index (χ0v) is 19.4. The summed E-state index contributed by atoms with van der Waals surface area (Å²) >= 11 is 0. The van der Waals surface area contributed by atoms with E-state index in [-0.39, 0.29) is 68.7 Å². The van der Waals surface area contributed by atoms with E-state index < -0.39 is 11.9 Å². The van der Waals surface area contributed by atoms with Crippen molar-refractivity contribution in [1.29, 1.82) is 0 Å². The number of carbonyl (C=O) groups is 5. The Morgan fingerprint density at radius 3 is 1.73 bits per heavy atom. The second kappa shape index (κ2) is 12.6. The Hall–Kier alpha value is -2.57. The number of rotatable bonds is 10. The molecule has 2 aliphatic rings. The molecule has 1 atom stereocenters. The zero-order valence-electron chi connectivity index (χ0n) is 19.4. The Labute approximate surface area is 193 Å². The highest BCUT2D eigenvalue weighted by molar-refractivity contribution is 6.03. The van der Waals surface area contributed by atoms with E-state index in [4.69, 9.17) is 10.2 Å². The van der Waals surface area contributed by atoms with E-state index in [1.54, 1.807) is 9.80 Å². The standard InChI is InChI=1S/C21H35N5O7/c1-15(2)16-11-18(28)26(21(16)33)4-3-22-17(27)12-23-5-7-24(13-19(29)30)9-10-25(8-6-23)14-20(31)32/h15-16H,3-14H2,1-2H3,(H,22,27)(H,29,30)(H,31,32). The minimum Gasteiger partial charge on any atom is -0.480 e. The number of hydrogen-bond acceptors (Lipinski definition) is 8. The van der Waals surface area contributed by atoms with E-state index in [0.29, 0.717) is 39.3 Å². The topological polar surface area (TPSA) is 151 Å². The van der Waals surface area contributed by atoms with Crippen LogP contribution in [-0.4, -0.2) is 131 Å². The van der Waals surface area contributed by atoms with E-state index in [1.165, 1.54) is 4.90 Å². The number of amides is 3. The summed E-state index contributed by atoms with van der Waals surface area (Å²) in [7, 11) is 0. The normalized spacial score (nSPS) is 21.7. The van der Waals surface area contributed by atoms with Crippen LogP contribution in [0.1, 0.15) is 20.3 Å². The largest absolute Gasteiger partial charge is 0.480 e. The van der Waals surface area contributed by atoms with Gasteiger partial charge in [-0.1, -0.05) is 13.8 Å². The highest BCUT2D eigenvalue weighted by Crippen LogP contribution is 2.25. The van der Waals surface area contributed by atoms with Crippen molar-refractivity contribution in [3.63, 3.8) is 0 Å². The Morgan fingerprint density at radius 2 is 1.33 bits per heavy atom. The third-order valence-corrected chi connectivity index (χ3v) is 6.02. The van der Waals surface area contributed by atoms with E-state index >= 15 is 0 Å². The Balaban J connectivity index is 1.86. The lowest BCUT2D eigenvalue weighted by molar-refractivity contribution is -0.140. The van der Waals surface area contributed by atoms with Crippen molar-refractivity contribution in [2.24, 2.45) is 11.8 Å². The molecule has 186 valence electrons. The maximum atomic E-state index is 12.5. The lowest BCUT2D eigenvalue weighted by Crippen LogP contribution is -2.45. The summed E-state index contributed by atoms with van der Waals surface area (Å²) in [5, 5.41) is 21.0. The Kier molecular flexibility index (Phi) is 10.2. The fourth-order valence-corrected chi connectivity index (χ4v) is 4.07. The molecule has 0 aromatic heterocycles. The third kappa shape index (κ3) is 8.71. The molecule has 33 heavy (non-hydrogen) atoms. The molecule has 3 amide bonds. The number of hydrogen-bond donors (Lipinski definition) is 3. The maximum absolute atomic E-state index is 12.5. The van der Waals surface area contributed by atoms with Gasteiger partial charge in [0.25, 0.3) is 0 Å². The number of carboxylic acid groups (broad SMARTS) is 2. The first kappa shape index (κ1) is 26.7. The summed E-state index contributed by atoms with van der Waals surface area (Å²) < 4.78 is 0. The predicted molar refractivity (Wildman–Crippen MR) is 117 cm³/mol. The van der Waals surface area contributed by atoms with Gasteiger partial charge >= 0.3 is 11.9 Å². The summed E-state index contributed by atoms with van der Waals surface area (Å²) in [6, 6.07) is 0. The summed E-state index contributed by atoms with van der Waals surface area (Å²) in [6.45, 7) is 6.48. The summed E-state index contributed by atoms with van der Waals surface area (Å²) in [5.74, 6) is -2.84. The fraction of sp³-hybridized carbons (Fsp3) is 0.762. The molecule has 0 spiro atoms. The van der Waals surface area contributed by atoms with E-state index in [2.05, 4.69) is 5.32 Å². The molecule has 2 saturated heterocycles. The number of carbonyl (C=O) groups excluding carboxylic acids is 3. The van der Waals surface area contributed by atoms with E-state index in [0.717, 1.165) is 0 Å². The first-order valence-corrected chi connectivity index (χ1v) is 11.3. The lowest BCUT2D eigenvalue weighted by Gasteiger charge is -2.24. The third-order valence-electron chi connectivity index (χ3n) is 6.02. The fourth-order valence-electron chi connectivity index (χ4n) is 4.07. The molecule has 0 aromatic carbocycles. The molecule has 2 aliphatic heterocycles. The molecule has 0 aromatic rings. The van der Waals surface area contributed by atoms with Crippen molar-refractivity contribution in [3.05, 3.63) is 0 Å². The molecule has 2 rings (SSSR count). The van der Waals surface area contributed by atoms with Crippen molar-refractivity contribution in [1.82, 2.24) is 24.9 Å². The van der Waals surface area contributed by atoms with Crippen LogP contribution in [0.5, 0.6) is 0 Å². The highest BCUT2D eigenvalue weighted by Gasteiger charge is 2.39. The molecular weight excluding hydrogens is 434 g/mol. The summed E-state index contributed by atoms with van der Waals surface area (Å²) in [6.07, 6.45) is 0.206. The summed E-state index contributed by atoms with van der Waals surface area (Å²) in [5.41, 5.74) is 0. The van der Waals surface area contributed by atoms with Gasteiger partial charge in [-0.25, -0.2) is 0 Å². The van der Waals surface area contributed by atoms with Gasteiger partial charge in [0.2, 0.25) is 17.7 Å². The Bertz CT molecular complexity index is 717. The number of nitrogens with zero attached hydrogens (tertiary/aromatic N) is 4. The summed E-state index contributed by atoms with van der Waals surface area (Å²) in [4.78, 5) is 65.7. The smallest absolute Gasteiger partial charge is 0.317 e. The van der Waals surface area contributed by atoms with Gasteiger partial charge < -0.3 is 15.5 Å². The van der Waals surface area contributed by atoms with Crippen LogP contribution in [0.2, 0.25) is 0 Å².